The van der Waals surface area contributed by atoms with Crippen molar-refractivity contribution in [1.29, 1.82) is 0 Å². The third kappa shape index (κ3) is 4.93. The molecule has 0 spiro atoms. The van der Waals surface area contributed by atoms with Crippen LogP contribution in [0.1, 0.15) is 31.8 Å². The quantitative estimate of drug-likeness (QED) is 0.318. The van der Waals surface area contributed by atoms with Gasteiger partial charge < -0.3 is 14.9 Å². The van der Waals surface area contributed by atoms with E-state index in [0.717, 1.165) is 11.1 Å². The minimum Gasteiger partial charge on any atom is -0.465 e. The predicted molar refractivity (Wildman–Crippen MR) is 119 cm³/mol. The molecule has 0 radical (unpaired) electrons. The van der Waals surface area contributed by atoms with E-state index < -0.39 is 5.97 Å². The van der Waals surface area contributed by atoms with Gasteiger partial charge in [-0.05, 0) is 30.3 Å². The number of rotatable bonds is 6. The monoisotopic (exact) mass is 466 g/mol. The summed E-state index contributed by atoms with van der Waals surface area (Å²) in [5.41, 5.74) is 3.20. The Kier molecular flexibility index (Phi) is 6.98. The first-order valence-corrected chi connectivity index (χ1v) is 9.79. The summed E-state index contributed by atoms with van der Waals surface area (Å²) >= 11 is 3.32. The van der Waals surface area contributed by atoms with Crippen LogP contribution < -0.4 is 5.32 Å². The normalized spacial score (nSPS) is 11.0. The summed E-state index contributed by atoms with van der Waals surface area (Å²) in [7, 11) is 2.76. The molecule has 0 aliphatic carbocycles. The molecule has 0 saturated carbocycles. The van der Waals surface area contributed by atoms with Crippen LogP contribution in [-0.2, 0) is 9.57 Å². The van der Waals surface area contributed by atoms with Gasteiger partial charge in [-0.2, -0.15) is 0 Å². The molecular weight excluding hydrogens is 448 g/mol. The zero-order valence-electron chi connectivity index (χ0n) is 16.4. The molecular formula is C23H19BrN2O4. The highest BCUT2D eigenvalue weighted by atomic mass is 79.9. The second-order valence-electron chi connectivity index (χ2n) is 6.20. The summed E-state index contributed by atoms with van der Waals surface area (Å²) in [5, 5.41) is 6.90. The summed E-state index contributed by atoms with van der Waals surface area (Å²) in [6, 6.07) is 21.5. The van der Waals surface area contributed by atoms with Crippen molar-refractivity contribution in [3.05, 3.63) is 99.5 Å². The summed E-state index contributed by atoms with van der Waals surface area (Å²) in [4.78, 5) is 29.9. The van der Waals surface area contributed by atoms with Crippen molar-refractivity contribution in [2.75, 3.05) is 19.5 Å². The number of esters is 1. The maximum absolute atomic E-state index is 12.9. The molecule has 1 amide bonds. The van der Waals surface area contributed by atoms with Gasteiger partial charge in [-0.3, -0.25) is 4.79 Å². The van der Waals surface area contributed by atoms with Crippen LogP contribution in [0.4, 0.5) is 5.69 Å². The van der Waals surface area contributed by atoms with Gasteiger partial charge in [0.15, 0.2) is 0 Å². The topological polar surface area (TPSA) is 77.0 Å². The SMILES string of the molecule is CON=C(c1ccccc1)c1cccc(C(=O)Nc2ccc(Br)cc2C(=O)OC)c1. The van der Waals surface area contributed by atoms with Gasteiger partial charge in [0.2, 0.25) is 0 Å². The third-order valence-electron chi connectivity index (χ3n) is 4.26. The molecule has 0 bridgehead atoms. The van der Waals surface area contributed by atoms with E-state index in [9.17, 15) is 9.59 Å². The highest BCUT2D eigenvalue weighted by Gasteiger charge is 2.17. The lowest BCUT2D eigenvalue weighted by molar-refractivity contribution is 0.0602. The van der Waals surface area contributed by atoms with Gasteiger partial charge in [0.25, 0.3) is 5.91 Å². The lowest BCUT2D eigenvalue weighted by Gasteiger charge is -2.12. The van der Waals surface area contributed by atoms with Crippen molar-refractivity contribution in [2.24, 2.45) is 5.16 Å². The fraction of sp³-hybridized carbons (Fsp3) is 0.0870. The van der Waals surface area contributed by atoms with Crippen molar-refractivity contribution in [3.63, 3.8) is 0 Å². The Morgan fingerprint density at radius 2 is 1.57 bits per heavy atom. The van der Waals surface area contributed by atoms with Crippen LogP contribution in [0.2, 0.25) is 0 Å². The molecule has 0 aliphatic rings. The molecule has 1 N–H and O–H groups in total. The Morgan fingerprint density at radius 1 is 0.867 bits per heavy atom. The largest absolute Gasteiger partial charge is 0.465 e. The number of hydrogen-bond donors (Lipinski definition) is 1. The zero-order chi connectivity index (χ0) is 21.5. The number of nitrogens with zero attached hydrogens (tertiary/aromatic N) is 1. The standard InChI is InChI=1S/C23H19BrN2O4/c1-29-23(28)19-14-18(24)11-12-20(19)25-22(27)17-10-6-9-16(13-17)21(26-30-2)15-7-4-3-5-8-15/h3-14H,1-2H3,(H,25,27). The average Bonchev–Trinajstić information content (AvgIpc) is 2.78. The van der Waals surface area contributed by atoms with Gasteiger partial charge in [0.1, 0.15) is 12.8 Å². The Hall–Kier alpha value is -3.45. The minimum absolute atomic E-state index is 0.252. The van der Waals surface area contributed by atoms with Crippen LogP contribution in [0.25, 0.3) is 0 Å². The summed E-state index contributed by atoms with van der Waals surface area (Å²) in [5.74, 6) is -0.909. The number of nitrogens with one attached hydrogen (secondary N) is 1. The van der Waals surface area contributed by atoms with E-state index in [1.54, 1.807) is 36.4 Å². The molecule has 3 aromatic carbocycles. The average molecular weight is 467 g/mol. The van der Waals surface area contributed by atoms with Crippen LogP contribution in [0.15, 0.2) is 82.4 Å². The molecule has 0 atom stereocenters. The number of ether oxygens (including phenoxy) is 1. The predicted octanol–water partition coefficient (Wildman–Crippen LogP) is 4.89. The fourth-order valence-corrected chi connectivity index (χ4v) is 3.23. The molecule has 0 aliphatic heterocycles. The lowest BCUT2D eigenvalue weighted by atomic mass is 10.0. The number of hydrogen-bond acceptors (Lipinski definition) is 5. The molecule has 0 saturated heterocycles. The number of amides is 1. The highest BCUT2D eigenvalue weighted by Crippen LogP contribution is 2.23. The number of anilines is 1. The van der Waals surface area contributed by atoms with Crippen LogP contribution >= 0.6 is 15.9 Å². The van der Waals surface area contributed by atoms with Gasteiger partial charge in [-0.1, -0.05) is 63.6 Å². The van der Waals surface area contributed by atoms with Gasteiger partial charge >= 0.3 is 5.97 Å². The number of oxime groups is 1. The molecule has 6 nitrogen and oxygen atoms in total. The second kappa shape index (κ2) is 9.84. The van der Waals surface area contributed by atoms with Gasteiger partial charge in [-0.15, -0.1) is 0 Å². The van der Waals surface area contributed by atoms with Crippen LogP contribution in [-0.4, -0.2) is 31.8 Å². The second-order valence-corrected chi connectivity index (χ2v) is 7.12. The maximum Gasteiger partial charge on any atom is 0.340 e. The van der Waals surface area contributed by atoms with E-state index >= 15 is 0 Å². The van der Waals surface area contributed by atoms with Crippen molar-refractivity contribution >= 4 is 39.2 Å². The Balaban J connectivity index is 1.92. The molecule has 152 valence electrons. The lowest BCUT2D eigenvalue weighted by Crippen LogP contribution is -2.16. The number of carbonyl (C=O) groups is 2. The third-order valence-corrected chi connectivity index (χ3v) is 4.76. The smallest absolute Gasteiger partial charge is 0.340 e. The molecule has 0 unspecified atom stereocenters. The van der Waals surface area contributed by atoms with Crippen LogP contribution in [0.5, 0.6) is 0 Å². The number of benzene rings is 3. The van der Waals surface area contributed by atoms with Crippen LogP contribution in [0.3, 0.4) is 0 Å². The van der Waals surface area contributed by atoms with E-state index in [1.807, 2.05) is 36.4 Å². The molecule has 0 heterocycles. The number of carbonyl (C=O) groups excluding carboxylic acids is 2. The molecule has 3 rings (SSSR count). The number of methoxy groups -OCH3 is 1. The van der Waals surface area contributed by atoms with E-state index in [-0.39, 0.29) is 11.5 Å². The Bertz CT molecular complexity index is 1100. The maximum atomic E-state index is 12.9. The van der Waals surface area contributed by atoms with Crippen molar-refractivity contribution in [3.8, 4) is 0 Å². The molecule has 0 aromatic heterocycles. The fourth-order valence-electron chi connectivity index (χ4n) is 2.87. The minimum atomic E-state index is -0.543. The van der Waals surface area contributed by atoms with E-state index in [0.29, 0.717) is 21.4 Å². The van der Waals surface area contributed by atoms with E-state index in [4.69, 9.17) is 9.57 Å². The van der Waals surface area contributed by atoms with Gasteiger partial charge in [-0.25, -0.2) is 4.79 Å². The van der Waals surface area contributed by atoms with Crippen molar-refractivity contribution < 1.29 is 19.2 Å². The first-order chi connectivity index (χ1) is 14.5. The summed E-state index contributed by atoms with van der Waals surface area (Å²) in [6.07, 6.45) is 0. The molecule has 7 heteroatoms. The van der Waals surface area contributed by atoms with Crippen molar-refractivity contribution in [2.45, 2.75) is 0 Å². The first-order valence-electron chi connectivity index (χ1n) is 8.99. The molecule has 30 heavy (non-hydrogen) atoms. The van der Waals surface area contributed by atoms with E-state index in [2.05, 4.69) is 26.4 Å². The summed E-state index contributed by atoms with van der Waals surface area (Å²) in [6.45, 7) is 0. The summed E-state index contributed by atoms with van der Waals surface area (Å²) < 4.78 is 5.51. The molecule has 0 fully saturated rings. The zero-order valence-corrected chi connectivity index (χ0v) is 18.0. The van der Waals surface area contributed by atoms with E-state index in [1.165, 1.54) is 14.2 Å². The van der Waals surface area contributed by atoms with Crippen molar-refractivity contribution in [1.82, 2.24) is 0 Å². The molecule has 3 aromatic rings. The number of halogens is 1. The first kappa shape index (κ1) is 21.3. The van der Waals surface area contributed by atoms with Crippen LogP contribution in [0, 0.1) is 0 Å². The van der Waals surface area contributed by atoms with Gasteiger partial charge in [0.05, 0.1) is 18.4 Å². The van der Waals surface area contributed by atoms with Gasteiger partial charge in [0, 0.05) is 21.2 Å². The Morgan fingerprint density at radius 3 is 2.27 bits per heavy atom. The highest BCUT2D eigenvalue weighted by molar-refractivity contribution is 9.10. The Labute approximate surface area is 182 Å².